The van der Waals surface area contributed by atoms with Crippen LogP contribution in [0.15, 0.2) is 17.5 Å². The second-order valence-corrected chi connectivity index (χ2v) is 6.00. The Balaban J connectivity index is 2.10. The highest BCUT2D eigenvalue weighted by Gasteiger charge is 2.13. The molecule has 0 aliphatic carbocycles. The molecule has 0 aliphatic rings. The summed E-state index contributed by atoms with van der Waals surface area (Å²) in [7, 11) is 1.98. The van der Waals surface area contributed by atoms with Gasteiger partial charge >= 0.3 is 0 Å². The number of anilines is 2. The van der Waals surface area contributed by atoms with Crippen LogP contribution in [0.2, 0.25) is 5.28 Å². The molecular formula is C14H20ClN5S. The van der Waals surface area contributed by atoms with Crippen molar-refractivity contribution in [1.29, 1.82) is 0 Å². The van der Waals surface area contributed by atoms with Gasteiger partial charge in [0.1, 0.15) is 0 Å². The number of halogens is 1. The smallest absolute Gasteiger partial charge is 0.231 e. The highest BCUT2D eigenvalue weighted by molar-refractivity contribution is 7.09. The fraction of sp³-hybridized carbons (Fsp3) is 0.500. The first-order valence-corrected chi connectivity index (χ1v) is 8.29. The van der Waals surface area contributed by atoms with Crippen LogP contribution in [0, 0.1) is 0 Å². The van der Waals surface area contributed by atoms with Crippen molar-refractivity contribution in [3.8, 4) is 0 Å². The molecule has 0 aliphatic heterocycles. The Kier molecular flexibility index (Phi) is 5.76. The standard InChI is InChI=1S/C14H20ClN5S/c1-4-20(5-2)14-17-12(15)16-13(18-14)19(3)9-8-11-7-6-10-21-11/h6-7,10H,4-5,8-9H2,1-3H3. The maximum absolute atomic E-state index is 6.04. The van der Waals surface area contributed by atoms with Gasteiger partial charge in [-0.1, -0.05) is 6.07 Å². The highest BCUT2D eigenvalue weighted by Crippen LogP contribution is 2.17. The third-order valence-corrected chi connectivity index (χ3v) is 4.35. The Morgan fingerprint density at radius 3 is 2.48 bits per heavy atom. The van der Waals surface area contributed by atoms with Gasteiger partial charge in [-0.05, 0) is 43.3 Å². The molecule has 2 rings (SSSR count). The number of thiophene rings is 1. The minimum absolute atomic E-state index is 0.241. The van der Waals surface area contributed by atoms with E-state index in [1.807, 2.05) is 11.9 Å². The van der Waals surface area contributed by atoms with E-state index < -0.39 is 0 Å². The van der Waals surface area contributed by atoms with E-state index in [0.717, 1.165) is 26.1 Å². The Labute approximate surface area is 134 Å². The van der Waals surface area contributed by atoms with Crippen molar-refractivity contribution in [1.82, 2.24) is 15.0 Å². The van der Waals surface area contributed by atoms with Gasteiger partial charge in [0.2, 0.25) is 17.2 Å². The van der Waals surface area contributed by atoms with Crippen LogP contribution >= 0.6 is 22.9 Å². The van der Waals surface area contributed by atoms with E-state index in [2.05, 4.69) is 51.2 Å². The number of likely N-dealkylation sites (N-methyl/N-ethyl adjacent to an activating group) is 1. The lowest BCUT2D eigenvalue weighted by atomic mass is 10.3. The van der Waals surface area contributed by atoms with Crippen molar-refractivity contribution in [2.75, 3.05) is 36.5 Å². The fourth-order valence-electron chi connectivity index (χ4n) is 1.98. The molecule has 0 spiro atoms. The van der Waals surface area contributed by atoms with Gasteiger partial charge in [0.25, 0.3) is 0 Å². The van der Waals surface area contributed by atoms with Crippen molar-refractivity contribution < 1.29 is 0 Å². The summed E-state index contributed by atoms with van der Waals surface area (Å²) in [6.07, 6.45) is 0.970. The first kappa shape index (κ1) is 16.0. The number of nitrogens with zero attached hydrogens (tertiary/aromatic N) is 5. The van der Waals surface area contributed by atoms with E-state index in [1.165, 1.54) is 4.88 Å². The zero-order chi connectivity index (χ0) is 15.2. The first-order chi connectivity index (χ1) is 10.1. The largest absolute Gasteiger partial charge is 0.343 e. The summed E-state index contributed by atoms with van der Waals surface area (Å²) in [5, 5.41) is 2.33. The minimum Gasteiger partial charge on any atom is -0.343 e. The van der Waals surface area contributed by atoms with Gasteiger partial charge in [-0.2, -0.15) is 15.0 Å². The SMILES string of the molecule is CCN(CC)c1nc(Cl)nc(N(C)CCc2cccs2)n1. The van der Waals surface area contributed by atoms with Gasteiger partial charge in [-0.3, -0.25) is 0 Å². The molecule has 5 nitrogen and oxygen atoms in total. The lowest BCUT2D eigenvalue weighted by Gasteiger charge is -2.21. The Morgan fingerprint density at radius 2 is 1.86 bits per heavy atom. The molecule has 21 heavy (non-hydrogen) atoms. The summed E-state index contributed by atoms with van der Waals surface area (Å²) in [4.78, 5) is 18.4. The van der Waals surface area contributed by atoms with Crippen LogP contribution in [-0.4, -0.2) is 41.6 Å². The van der Waals surface area contributed by atoms with Gasteiger partial charge in [-0.15, -0.1) is 11.3 Å². The van der Waals surface area contributed by atoms with Gasteiger partial charge in [-0.25, -0.2) is 0 Å². The van der Waals surface area contributed by atoms with Gasteiger partial charge in [0.15, 0.2) is 0 Å². The predicted molar refractivity (Wildman–Crippen MR) is 89.7 cm³/mol. The van der Waals surface area contributed by atoms with E-state index in [1.54, 1.807) is 11.3 Å². The monoisotopic (exact) mass is 325 g/mol. The molecule has 0 unspecified atom stereocenters. The molecule has 0 N–H and O–H groups in total. The van der Waals surface area contributed by atoms with Crippen LogP contribution in [0.4, 0.5) is 11.9 Å². The van der Waals surface area contributed by atoms with Crippen LogP contribution in [0.3, 0.4) is 0 Å². The van der Waals surface area contributed by atoms with Crippen molar-refractivity contribution in [2.24, 2.45) is 0 Å². The number of hydrogen-bond acceptors (Lipinski definition) is 6. The molecule has 0 amide bonds. The molecule has 2 heterocycles. The van der Waals surface area contributed by atoms with E-state index >= 15 is 0 Å². The number of aromatic nitrogens is 3. The summed E-state index contributed by atoms with van der Waals surface area (Å²) in [5.74, 6) is 1.26. The summed E-state index contributed by atoms with van der Waals surface area (Å²) in [5.41, 5.74) is 0. The molecule has 2 aromatic rings. The molecule has 0 fully saturated rings. The average Bonchev–Trinajstić information content (AvgIpc) is 2.99. The Hall–Kier alpha value is -1.40. The molecule has 0 radical (unpaired) electrons. The lowest BCUT2D eigenvalue weighted by molar-refractivity contribution is 0.787. The Morgan fingerprint density at radius 1 is 1.14 bits per heavy atom. The molecule has 0 saturated heterocycles. The van der Waals surface area contributed by atoms with E-state index in [9.17, 15) is 0 Å². The number of rotatable bonds is 7. The molecule has 0 bridgehead atoms. The van der Waals surface area contributed by atoms with Crippen molar-refractivity contribution in [2.45, 2.75) is 20.3 Å². The summed E-state index contributed by atoms with van der Waals surface area (Å²) >= 11 is 7.80. The third kappa shape index (κ3) is 4.28. The normalized spacial score (nSPS) is 10.7. The van der Waals surface area contributed by atoms with Crippen LogP contribution in [-0.2, 0) is 6.42 Å². The summed E-state index contributed by atoms with van der Waals surface area (Å²) in [6.45, 7) is 6.67. The third-order valence-electron chi connectivity index (χ3n) is 3.25. The molecule has 0 aromatic carbocycles. The molecule has 2 aromatic heterocycles. The first-order valence-electron chi connectivity index (χ1n) is 7.04. The Bertz CT molecular complexity index is 556. The van der Waals surface area contributed by atoms with Gasteiger partial charge < -0.3 is 9.80 Å². The van der Waals surface area contributed by atoms with Crippen molar-refractivity contribution >= 4 is 34.8 Å². The van der Waals surface area contributed by atoms with Gasteiger partial charge in [0.05, 0.1) is 0 Å². The lowest BCUT2D eigenvalue weighted by Crippen LogP contribution is -2.27. The second-order valence-electron chi connectivity index (χ2n) is 4.63. The zero-order valence-corrected chi connectivity index (χ0v) is 14.2. The molecule has 0 atom stereocenters. The van der Waals surface area contributed by atoms with Crippen molar-refractivity contribution in [3.05, 3.63) is 27.7 Å². The van der Waals surface area contributed by atoms with E-state index in [0.29, 0.717) is 11.9 Å². The summed E-state index contributed by atoms with van der Waals surface area (Å²) in [6, 6.07) is 4.21. The maximum Gasteiger partial charge on any atom is 0.231 e. The summed E-state index contributed by atoms with van der Waals surface area (Å²) < 4.78 is 0. The van der Waals surface area contributed by atoms with Gasteiger partial charge in [0, 0.05) is 31.6 Å². The maximum atomic E-state index is 6.04. The van der Waals surface area contributed by atoms with Crippen LogP contribution in [0.1, 0.15) is 18.7 Å². The molecule has 114 valence electrons. The van der Waals surface area contributed by atoms with E-state index in [-0.39, 0.29) is 5.28 Å². The van der Waals surface area contributed by atoms with Crippen LogP contribution in [0.5, 0.6) is 0 Å². The second kappa shape index (κ2) is 7.56. The quantitative estimate of drug-likeness (QED) is 0.782. The molecule has 7 heteroatoms. The average molecular weight is 326 g/mol. The van der Waals surface area contributed by atoms with Crippen LogP contribution in [0.25, 0.3) is 0 Å². The number of hydrogen-bond donors (Lipinski definition) is 0. The zero-order valence-electron chi connectivity index (χ0n) is 12.6. The molecule has 0 saturated carbocycles. The van der Waals surface area contributed by atoms with Crippen molar-refractivity contribution in [3.63, 3.8) is 0 Å². The fourth-order valence-corrected chi connectivity index (χ4v) is 2.83. The molecular weight excluding hydrogens is 306 g/mol. The van der Waals surface area contributed by atoms with Crippen LogP contribution < -0.4 is 9.80 Å². The topological polar surface area (TPSA) is 45.2 Å². The highest BCUT2D eigenvalue weighted by atomic mass is 35.5. The van der Waals surface area contributed by atoms with E-state index in [4.69, 9.17) is 11.6 Å². The predicted octanol–water partition coefficient (Wildman–Crippen LogP) is 3.11. The minimum atomic E-state index is 0.241.